The topological polar surface area (TPSA) is 30.8 Å². The molecule has 0 N–H and O–H groups in total. The third kappa shape index (κ3) is 13.8. The molecular formula is C131H98N6S4. The fourth-order valence-electron chi connectivity index (χ4n) is 23.5. The first kappa shape index (κ1) is 86.1. The smallest absolute Gasteiger partial charge is 0.0702 e. The number of anilines is 12. The molecule has 6 nitrogen and oxygen atoms in total. The first-order chi connectivity index (χ1) is 69.0. The highest BCUT2D eigenvalue weighted by Gasteiger charge is 2.46. The van der Waals surface area contributed by atoms with Gasteiger partial charge in [-0.3, -0.25) is 4.98 Å². The molecule has 4 aliphatic heterocycles. The van der Waals surface area contributed by atoms with Crippen molar-refractivity contribution in [3.8, 4) is 72.6 Å². The van der Waals surface area contributed by atoms with E-state index in [0.29, 0.717) is 0 Å². The molecule has 0 spiro atoms. The van der Waals surface area contributed by atoms with Gasteiger partial charge in [0.1, 0.15) is 0 Å². The number of hydrogen-bond acceptors (Lipinski definition) is 9. The lowest BCUT2D eigenvalue weighted by molar-refractivity contribution is 0.660. The summed E-state index contributed by atoms with van der Waals surface area (Å²) in [6.07, 6.45) is 1.86. The van der Waals surface area contributed by atoms with Gasteiger partial charge >= 0.3 is 0 Å². The molecule has 8 aliphatic rings. The minimum absolute atomic E-state index is 0.00491. The van der Waals surface area contributed by atoms with Gasteiger partial charge in [0.2, 0.25) is 0 Å². The molecule has 10 heteroatoms. The summed E-state index contributed by atoms with van der Waals surface area (Å²) in [7, 11) is 0. The summed E-state index contributed by atoms with van der Waals surface area (Å²) in [5.41, 5.74) is 45.0. The Kier molecular flexibility index (Phi) is 20.6. The number of pyridine rings is 1. The number of rotatable bonds is 7. The van der Waals surface area contributed by atoms with Crippen molar-refractivity contribution < 1.29 is 0 Å². The number of aromatic nitrogens is 2. The summed E-state index contributed by atoms with van der Waals surface area (Å²) in [5, 5.41) is 2.56. The zero-order chi connectivity index (χ0) is 94.7. The molecule has 21 aromatic rings. The standard InChI is InChI=1S/C39H28N2S.C33H25NS.C32H24N2S.C27H21NS/c1-39(2)30-17-9-6-16-29(30)37-31(39)21-23-36-38(37)41(25-12-4-3-5-13-25)34-24-26(20-22-35(34)42-36)40-32-18-10-7-14-27(32)28-15-8-11-19-33(28)40;1-33(2)26-16-10-9-15-25(26)31-27(33)18-20-30-32(31)34(24-13-7-4-8-14-24)28-21-23(17-19-29(28)35-30)22-11-5-3-6-12-22;1-32(2)24-13-7-6-12-23(24)30-25(32)16-18-29-31(30)34(22-10-4-3-5-11-22)27-20-21(15-17-28(27)35-29)26-14-8-9-19-33-26;1-27(2)20-13-7-6-12-19(20)25-21(27)16-17-24-26(25)28(18-10-4-3-5-11-18)22-14-8-9-15-23(22)29-24/h3-24H,1-2H3;3-21H,1-2H3;3-20H,1-2H3;3-17H,1-2H3. The lowest BCUT2D eigenvalue weighted by Gasteiger charge is -2.35. The van der Waals surface area contributed by atoms with E-state index >= 15 is 0 Å². The fraction of sp³-hybridized carbons (Fsp3) is 0.0916. The Labute approximate surface area is 841 Å². The minimum Gasteiger partial charge on any atom is -0.309 e. The van der Waals surface area contributed by atoms with Gasteiger partial charge in [-0.05, 0) is 230 Å². The van der Waals surface area contributed by atoms with E-state index in [1.165, 1.54) is 235 Å². The highest BCUT2D eigenvalue weighted by atomic mass is 32.2. The van der Waals surface area contributed by atoms with Crippen LogP contribution in [-0.4, -0.2) is 9.55 Å². The Hall–Kier alpha value is -15.3. The van der Waals surface area contributed by atoms with E-state index < -0.39 is 0 Å². The van der Waals surface area contributed by atoms with Crippen molar-refractivity contribution >= 4 is 137 Å². The van der Waals surface area contributed by atoms with Gasteiger partial charge in [0.05, 0.1) is 62.2 Å². The number of hydrogen-bond donors (Lipinski definition) is 0. The molecule has 0 fully saturated rings. The summed E-state index contributed by atoms with van der Waals surface area (Å²) in [5.74, 6) is 0. The third-order valence-corrected chi connectivity index (χ3v) is 34.6. The van der Waals surface area contributed by atoms with Crippen LogP contribution in [0.5, 0.6) is 0 Å². The summed E-state index contributed by atoms with van der Waals surface area (Å²) in [6, 6.07) is 161. The van der Waals surface area contributed by atoms with Crippen molar-refractivity contribution in [2.75, 3.05) is 19.6 Å². The van der Waals surface area contributed by atoms with Crippen LogP contribution in [-0.2, 0) is 21.7 Å². The Morgan fingerprint density at radius 2 is 0.489 bits per heavy atom. The first-order valence-corrected chi connectivity index (χ1v) is 52.0. The number of para-hydroxylation sites is 7. The first-order valence-electron chi connectivity index (χ1n) is 48.7. The molecule has 141 heavy (non-hydrogen) atoms. The Morgan fingerprint density at radius 1 is 0.199 bits per heavy atom. The average Bonchev–Trinajstić information content (AvgIpc) is 1.70. The van der Waals surface area contributed by atoms with Gasteiger partial charge in [-0.15, -0.1) is 0 Å². The molecular weight excluding hydrogens is 1790 g/mol. The summed E-state index contributed by atoms with van der Waals surface area (Å²) in [6.45, 7) is 18.8. The molecule has 676 valence electrons. The zero-order valence-corrected chi connectivity index (χ0v) is 82.8. The second-order valence-corrected chi connectivity index (χ2v) is 43.9. The van der Waals surface area contributed by atoms with E-state index in [2.05, 4.69) is 515 Å². The molecule has 29 rings (SSSR count). The molecule has 0 unspecified atom stereocenters. The van der Waals surface area contributed by atoms with Crippen LogP contribution < -0.4 is 19.6 Å². The average molecular weight is 1880 g/mol. The maximum absolute atomic E-state index is 4.62. The lowest BCUT2D eigenvalue weighted by Crippen LogP contribution is -2.18. The van der Waals surface area contributed by atoms with E-state index in [-0.39, 0.29) is 21.7 Å². The van der Waals surface area contributed by atoms with E-state index in [9.17, 15) is 0 Å². The van der Waals surface area contributed by atoms with Gasteiger partial charge in [-0.1, -0.05) is 394 Å². The molecule has 2 aromatic heterocycles. The van der Waals surface area contributed by atoms with Crippen LogP contribution in [0.15, 0.2) is 488 Å². The van der Waals surface area contributed by atoms with Gasteiger partial charge in [0, 0.05) is 134 Å². The van der Waals surface area contributed by atoms with E-state index in [4.69, 9.17) is 0 Å². The van der Waals surface area contributed by atoms with Gasteiger partial charge in [0.15, 0.2) is 0 Å². The second-order valence-electron chi connectivity index (χ2n) is 39.5. The van der Waals surface area contributed by atoms with Crippen molar-refractivity contribution in [2.45, 2.75) is 116 Å². The van der Waals surface area contributed by atoms with Gasteiger partial charge < -0.3 is 24.2 Å². The maximum atomic E-state index is 4.62. The molecule has 0 bridgehead atoms. The van der Waals surface area contributed by atoms with Gasteiger partial charge in [0.25, 0.3) is 0 Å². The fourth-order valence-corrected chi connectivity index (χ4v) is 27.7. The number of benzene rings is 19. The van der Waals surface area contributed by atoms with Crippen LogP contribution >= 0.6 is 47.0 Å². The summed E-state index contributed by atoms with van der Waals surface area (Å²) in [4.78, 5) is 24.9. The van der Waals surface area contributed by atoms with Crippen molar-refractivity contribution in [3.05, 3.63) is 494 Å². The highest BCUT2D eigenvalue weighted by molar-refractivity contribution is 8.00. The van der Waals surface area contributed by atoms with Crippen molar-refractivity contribution in [2.24, 2.45) is 0 Å². The minimum atomic E-state index is -0.0565. The largest absolute Gasteiger partial charge is 0.309 e. The van der Waals surface area contributed by atoms with Crippen LogP contribution in [0.1, 0.15) is 99.9 Å². The Balaban J connectivity index is 0.0000000973. The maximum Gasteiger partial charge on any atom is 0.0702 e. The molecule has 0 saturated carbocycles. The van der Waals surface area contributed by atoms with Crippen molar-refractivity contribution in [1.82, 2.24) is 9.55 Å². The van der Waals surface area contributed by atoms with E-state index in [1.54, 1.807) is 0 Å². The Morgan fingerprint density at radius 3 is 0.872 bits per heavy atom. The van der Waals surface area contributed by atoms with E-state index in [0.717, 1.165) is 11.3 Å². The molecule has 6 heterocycles. The van der Waals surface area contributed by atoms with Crippen LogP contribution in [0.3, 0.4) is 0 Å². The van der Waals surface area contributed by atoms with Crippen molar-refractivity contribution in [1.29, 1.82) is 0 Å². The van der Waals surface area contributed by atoms with Crippen LogP contribution in [0.2, 0.25) is 0 Å². The molecule has 4 aliphatic carbocycles. The summed E-state index contributed by atoms with van der Waals surface area (Å²) >= 11 is 7.51. The summed E-state index contributed by atoms with van der Waals surface area (Å²) < 4.78 is 2.42. The SMILES string of the molecule is CC1(C)c2ccccc2-c2c1ccc1c2N(c2ccccc2)c2cc(-c3ccccc3)ccc2S1.CC1(C)c2ccccc2-c2c1ccc1c2N(c2ccccc2)c2cc(-c3ccccn3)ccc2S1.CC1(C)c2ccccc2-c2c1ccc1c2N(c2ccccc2)c2cc(-n3c4ccccc4c4ccccc43)ccc2S1.CC1(C)c2ccccc2-c2c1ccc1c2N(c2ccccc2)c2ccccc2S1. The monoisotopic (exact) mass is 1880 g/mol. The van der Waals surface area contributed by atoms with Crippen molar-refractivity contribution in [3.63, 3.8) is 0 Å². The highest BCUT2D eigenvalue weighted by Crippen LogP contribution is 2.67. The zero-order valence-electron chi connectivity index (χ0n) is 79.5. The molecule has 0 amide bonds. The number of nitrogens with zero attached hydrogens (tertiary/aromatic N) is 6. The number of fused-ring (bicyclic) bond motifs is 27. The molecule has 19 aromatic carbocycles. The predicted octanol–water partition coefficient (Wildman–Crippen LogP) is 37.5. The van der Waals surface area contributed by atoms with Crippen LogP contribution in [0, 0.1) is 0 Å². The van der Waals surface area contributed by atoms with Gasteiger partial charge in [-0.25, -0.2) is 0 Å². The molecule has 0 atom stereocenters. The quantitative estimate of drug-likeness (QED) is 0.155. The molecule has 0 radical (unpaired) electrons. The normalized spacial score (nSPS) is 14.7. The predicted molar refractivity (Wildman–Crippen MR) is 594 cm³/mol. The lowest BCUT2D eigenvalue weighted by atomic mass is 9.82. The molecule has 0 saturated heterocycles. The third-order valence-electron chi connectivity index (χ3n) is 30.2. The van der Waals surface area contributed by atoms with Crippen LogP contribution in [0.25, 0.3) is 94.4 Å². The van der Waals surface area contributed by atoms with E-state index in [1.807, 2.05) is 65.4 Å². The van der Waals surface area contributed by atoms with Gasteiger partial charge in [-0.2, -0.15) is 0 Å². The van der Waals surface area contributed by atoms with Crippen LogP contribution in [0.4, 0.5) is 68.2 Å². The Bertz CT molecular complexity index is 8330. The second kappa shape index (κ2) is 33.8.